The van der Waals surface area contributed by atoms with Crippen molar-refractivity contribution in [3.05, 3.63) is 29.8 Å². The van der Waals surface area contributed by atoms with Crippen molar-refractivity contribution in [3.8, 4) is 0 Å². The highest BCUT2D eigenvalue weighted by Crippen LogP contribution is 2.17. The molecule has 0 bridgehead atoms. The van der Waals surface area contributed by atoms with Crippen LogP contribution in [0.1, 0.15) is 52.0 Å². The van der Waals surface area contributed by atoms with Gasteiger partial charge in [0.1, 0.15) is 0 Å². The molecule has 0 atom stereocenters. The highest BCUT2D eigenvalue weighted by molar-refractivity contribution is 7.89. The van der Waals surface area contributed by atoms with Gasteiger partial charge in [0.25, 0.3) is 0 Å². The van der Waals surface area contributed by atoms with Crippen LogP contribution in [0.5, 0.6) is 0 Å². The Kier molecular flexibility index (Phi) is 6.01. The minimum Gasteiger partial charge on any atom is -0.211 e. The van der Waals surface area contributed by atoms with Crippen LogP contribution in [0.25, 0.3) is 0 Å². The van der Waals surface area contributed by atoms with Gasteiger partial charge in [-0.2, -0.15) is 0 Å². The summed E-state index contributed by atoms with van der Waals surface area (Å²) in [5.41, 5.74) is 1.15. The Morgan fingerprint density at radius 3 is 2.00 bits per heavy atom. The van der Waals surface area contributed by atoms with Gasteiger partial charge in [0.05, 0.1) is 4.90 Å². The standard InChI is InChI=1S/C15H25NO2S/c1-5-13(6-2)11-16-19(17,18)15-9-7-14(8-10-15)12(3)4/h7-10,12-13,16H,5-6,11H2,1-4H3. The van der Waals surface area contributed by atoms with Gasteiger partial charge in [-0.1, -0.05) is 52.7 Å². The lowest BCUT2D eigenvalue weighted by atomic mass is 10.0. The highest BCUT2D eigenvalue weighted by atomic mass is 32.2. The molecule has 0 fully saturated rings. The Hall–Kier alpha value is -0.870. The van der Waals surface area contributed by atoms with Crippen molar-refractivity contribution in [2.24, 2.45) is 5.92 Å². The number of hydrogen-bond acceptors (Lipinski definition) is 2. The quantitative estimate of drug-likeness (QED) is 0.832. The van der Waals surface area contributed by atoms with E-state index in [2.05, 4.69) is 32.4 Å². The maximum absolute atomic E-state index is 12.1. The molecule has 19 heavy (non-hydrogen) atoms. The van der Waals surface area contributed by atoms with E-state index >= 15 is 0 Å². The summed E-state index contributed by atoms with van der Waals surface area (Å²) in [6.45, 7) is 8.87. The van der Waals surface area contributed by atoms with E-state index in [0.717, 1.165) is 18.4 Å². The third-order valence-electron chi connectivity index (χ3n) is 3.57. The second kappa shape index (κ2) is 7.06. The smallest absolute Gasteiger partial charge is 0.211 e. The Balaban J connectivity index is 2.77. The molecule has 1 N–H and O–H groups in total. The summed E-state index contributed by atoms with van der Waals surface area (Å²) < 4.78 is 27.0. The second-order valence-corrected chi connectivity index (χ2v) is 7.03. The van der Waals surface area contributed by atoms with E-state index in [1.54, 1.807) is 12.1 Å². The summed E-state index contributed by atoms with van der Waals surface area (Å²) in [5, 5.41) is 0. The summed E-state index contributed by atoms with van der Waals surface area (Å²) in [4.78, 5) is 0.350. The Bertz CT molecular complexity index is 473. The Morgan fingerprint density at radius 2 is 1.58 bits per heavy atom. The minimum absolute atomic E-state index is 0.350. The van der Waals surface area contributed by atoms with Crippen LogP contribution < -0.4 is 4.72 Å². The first kappa shape index (κ1) is 16.2. The molecular formula is C15H25NO2S. The Morgan fingerprint density at radius 1 is 1.05 bits per heavy atom. The largest absolute Gasteiger partial charge is 0.240 e. The molecule has 108 valence electrons. The average molecular weight is 283 g/mol. The summed E-state index contributed by atoms with van der Waals surface area (Å²) in [5.74, 6) is 0.819. The second-order valence-electron chi connectivity index (χ2n) is 5.26. The molecule has 0 heterocycles. The summed E-state index contributed by atoms with van der Waals surface area (Å²) in [6.07, 6.45) is 1.98. The highest BCUT2D eigenvalue weighted by Gasteiger charge is 2.15. The van der Waals surface area contributed by atoms with Gasteiger partial charge in [-0.15, -0.1) is 0 Å². The van der Waals surface area contributed by atoms with Gasteiger partial charge < -0.3 is 0 Å². The zero-order valence-corrected chi connectivity index (χ0v) is 13.1. The van der Waals surface area contributed by atoms with E-state index in [9.17, 15) is 8.42 Å². The molecule has 0 unspecified atom stereocenters. The lowest BCUT2D eigenvalue weighted by molar-refractivity contribution is 0.479. The van der Waals surface area contributed by atoms with Crippen molar-refractivity contribution in [2.75, 3.05) is 6.54 Å². The van der Waals surface area contributed by atoms with Gasteiger partial charge in [0.15, 0.2) is 0 Å². The number of benzene rings is 1. The van der Waals surface area contributed by atoms with Gasteiger partial charge in [-0.3, -0.25) is 0 Å². The predicted molar refractivity (Wildman–Crippen MR) is 79.8 cm³/mol. The number of hydrogen-bond donors (Lipinski definition) is 1. The van der Waals surface area contributed by atoms with Crippen LogP contribution in [0.2, 0.25) is 0 Å². The number of nitrogens with one attached hydrogen (secondary N) is 1. The summed E-state index contributed by atoms with van der Waals surface area (Å²) in [6, 6.07) is 7.14. The van der Waals surface area contributed by atoms with Crippen LogP contribution in [-0.2, 0) is 10.0 Å². The van der Waals surface area contributed by atoms with Crippen molar-refractivity contribution in [1.82, 2.24) is 4.72 Å². The monoisotopic (exact) mass is 283 g/mol. The first-order chi connectivity index (χ1) is 8.90. The van der Waals surface area contributed by atoms with Crippen LogP contribution in [-0.4, -0.2) is 15.0 Å². The van der Waals surface area contributed by atoms with E-state index in [4.69, 9.17) is 0 Å². The molecule has 0 aliphatic carbocycles. The molecule has 0 saturated carbocycles. The lowest BCUT2D eigenvalue weighted by Crippen LogP contribution is -2.29. The van der Waals surface area contributed by atoms with Crippen molar-refractivity contribution < 1.29 is 8.42 Å². The summed E-state index contributed by atoms with van der Waals surface area (Å²) >= 11 is 0. The maximum atomic E-state index is 12.1. The van der Waals surface area contributed by atoms with E-state index in [1.807, 2.05) is 12.1 Å². The summed E-state index contributed by atoms with van der Waals surface area (Å²) in [7, 11) is -3.37. The predicted octanol–water partition coefficient (Wildman–Crippen LogP) is 3.52. The molecular weight excluding hydrogens is 258 g/mol. The minimum atomic E-state index is -3.37. The van der Waals surface area contributed by atoms with Crippen molar-refractivity contribution >= 4 is 10.0 Å². The van der Waals surface area contributed by atoms with Crippen LogP contribution in [0.15, 0.2) is 29.2 Å². The fourth-order valence-electron chi connectivity index (χ4n) is 1.92. The Labute approximate surface area is 117 Å². The molecule has 0 spiro atoms. The molecule has 3 nitrogen and oxygen atoms in total. The molecule has 1 rings (SSSR count). The van der Waals surface area contributed by atoms with Crippen LogP contribution >= 0.6 is 0 Å². The van der Waals surface area contributed by atoms with E-state index < -0.39 is 10.0 Å². The van der Waals surface area contributed by atoms with Gasteiger partial charge in [0.2, 0.25) is 10.0 Å². The van der Waals surface area contributed by atoms with E-state index in [1.165, 1.54) is 0 Å². The van der Waals surface area contributed by atoms with Crippen LogP contribution in [0.3, 0.4) is 0 Å². The first-order valence-electron chi connectivity index (χ1n) is 7.00. The molecule has 0 aromatic heterocycles. The van der Waals surface area contributed by atoms with Gasteiger partial charge in [-0.25, -0.2) is 13.1 Å². The van der Waals surface area contributed by atoms with Crippen molar-refractivity contribution in [2.45, 2.75) is 51.3 Å². The maximum Gasteiger partial charge on any atom is 0.240 e. The number of rotatable bonds is 7. The van der Waals surface area contributed by atoms with Gasteiger partial charge in [0, 0.05) is 6.54 Å². The van der Waals surface area contributed by atoms with E-state index in [0.29, 0.717) is 23.3 Å². The third-order valence-corrected chi connectivity index (χ3v) is 5.01. The molecule has 0 aliphatic heterocycles. The fraction of sp³-hybridized carbons (Fsp3) is 0.600. The molecule has 0 aliphatic rings. The molecule has 0 amide bonds. The number of sulfonamides is 1. The van der Waals surface area contributed by atoms with Crippen LogP contribution in [0.4, 0.5) is 0 Å². The van der Waals surface area contributed by atoms with Crippen molar-refractivity contribution in [1.29, 1.82) is 0 Å². The zero-order chi connectivity index (χ0) is 14.5. The SMILES string of the molecule is CCC(CC)CNS(=O)(=O)c1ccc(C(C)C)cc1. The third kappa shape index (κ3) is 4.62. The molecule has 0 radical (unpaired) electrons. The van der Waals surface area contributed by atoms with E-state index in [-0.39, 0.29) is 0 Å². The lowest BCUT2D eigenvalue weighted by Gasteiger charge is -2.14. The molecule has 1 aromatic rings. The average Bonchev–Trinajstić information content (AvgIpc) is 2.40. The van der Waals surface area contributed by atoms with Gasteiger partial charge in [-0.05, 0) is 29.5 Å². The normalized spacial score (nSPS) is 12.3. The van der Waals surface area contributed by atoms with Gasteiger partial charge >= 0.3 is 0 Å². The van der Waals surface area contributed by atoms with Crippen LogP contribution in [0, 0.1) is 5.92 Å². The molecule has 0 saturated heterocycles. The zero-order valence-electron chi connectivity index (χ0n) is 12.3. The van der Waals surface area contributed by atoms with Crippen molar-refractivity contribution in [3.63, 3.8) is 0 Å². The molecule has 4 heteroatoms. The molecule has 1 aromatic carbocycles. The fourth-order valence-corrected chi connectivity index (χ4v) is 3.04. The first-order valence-corrected chi connectivity index (χ1v) is 8.48. The topological polar surface area (TPSA) is 46.2 Å².